The molecule has 0 spiro atoms. The third-order valence-corrected chi connectivity index (χ3v) is 3.78. The summed E-state index contributed by atoms with van der Waals surface area (Å²) < 4.78 is 26.0. The molecule has 0 saturated carbocycles. The molecule has 0 aliphatic carbocycles. The molecule has 0 aliphatic heterocycles. The summed E-state index contributed by atoms with van der Waals surface area (Å²) in [4.78, 5) is 21.0. The van der Waals surface area contributed by atoms with Crippen molar-refractivity contribution in [3.05, 3.63) is 28.3 Å². The van der Waals surface area contributed by atoms with E-state index in [2.05, 4.69) is 10.0 Å². The second-order valence-corrected chi connectivity index (χ2v) is 6.29. The minimum absolute atomic E-state index is 0.125. The third kappa shape index (κ3) is 4.68. The summed E-state index contributed by atoms with van der Waals surface area (Å²) in [6, 6.07) is 2.98. The van der Waals surface area contributed by atoms with Gasteiger partial charge in [-0.25, -0.2) is 13.1 Å². The highest BCUT2D eigenvalue weighted by atomic mass is 32.2. The molecule has 1 aromatic rings. The molecule has 0 heterocycles. The molecule has 21 heavy (non-hydrogen) atoms. The largest absolute Gasteiger partial charge is 0.393 e. The highest BCUT2D eigenvalue weighted by molar-refractivity contribution is 7.89. The average molecular weight is 316 g/mol. The Hall–Kier alpha value is -2.20. The highest BCUT2D eigenvalue weighted by Crippen LogP contribution is 2.24. The van der Waals surface area contributed by atoms with Crippen LogP contribution < -0.4 is 15.8 Å². The van der Waals surface area contributed by atoms with Crippen molar-refractivity contribution in [3.8, 4) is 0 Å². The summed E-state index contributed by atoms with van der Waals surface area (Å²) >= 11 is 0. The van der Waals surface area contributed by atoms with Crippen LogP contribution in [0, 0.1) is 10.1 Å². The summed E-state index contributed by atoms with van der Waals surface area (Å²) in [6.07, 6.45) is 0. The molecule has 0 radical (unpaired) electrons. The fraction of sp³-hybridized carbons (Fsp3) is 0.364. The van der Waals surface area contributed by atoms with Gasteiger partial charge in [0, 0.05) is 12.1 Å². The third-order valence-electron chi connectivity index (χ3n) is 2.38. The van der Waals surface area contributed by atoms with Crippen molar-refractivity contribution >= 4 is 27.3 Å². The second-order valence-electron chi connectivity index (χ2n) is 4.52. The van der Waals surface area contributed by atoms with E-state index in [1.165, 1.54) is 0 Å². The lowest BCUT2D eigenvalue weighted by Gasteiger charge is -2.10. The van der Waals surface area contributed by atoms with Gasteiger partial charge >= 0.3 is 0 Å². The van der Waals surface area contributed by atoms with Crippen molar-refractivity contribution in [2.45, 2.75) is 24.8 Å². The van der Waals surface area contributed by atoms with E-state index >= 15 is 0 Å². The minimum Gasteiger partial charge on any atom is -0.393 e. The lowest BCUT2D eigenvalue weighted by atomic mass is 10.3. The van der Waals surface area contributed by atoms with Crippen molar-refractivity contribution in [2.24, 2.45) is 0 Å². The fourth-order valence-electron chi connectivity index (χ4n) is 1.47. The zero-order valence-electron chi connectivity index (χ0n) is 11.5. The molecule has 0 unspecified atom stereocenters. The standard InChI is InChI=1S/C11H16N4O5S/c1-7(2)14-11(16)6-13-21(19,20)8-3-4-9(12)10(5-8)15(17)18/h3-5,7,13H,6,12H2,1-2H3,(H,14,16). The van der Waals surface area contributed by atoms with Crippen LogP contribution in [0.4, 0.5) is 11.4 Å². The number of nitrogens with zero attached hydrogens (tertiary/aromatic N) is 1. The molecule has 0 aliphatic rings. The molecule has 0 bridgehead atoms. The average Bonchev–Trinajstić information content (AvgIpc) is 2.35. The number of nitrogens with two attached hydrogens (primary N) is 1. The van der Waals surface area contributed by atoms with Crippen LogP contribution >= 0.6 is 0 Å². The summed E-state index contributed by atoms with van der Waals surface area (Å²) in [5.74, 6) is -0.501. The van der Waals surface area contributed by atoms with Crippen LogP contribution in [0.3, 0.4) is 0 Å². The highest BCUT2D eigenvalue weighted by Gasteiger charge is 2.20. The lowest BCUT2D eigenvalue weighted by Crippen LogP contribution is -2.39. The van der Waals surface area contributed by atoms with Crippen LogP contribution in [0.1, 0.15) is 13.8 Å². The Morgan fingerprint density at radius 2 is 2.05 bits per heavy atom. The topological polar surface area (TPSA) is 144 Å². The summed E-state index contributed by atoms with van der Waals surface area (Å²) in [7, 11) is -4.03. The minimum atomic E-state index is -4.03. The molecule has 10 heteroatoms. The molecular weight excluding hydrogens is 300 g/mol. The first-order valence-electron chi connectivity index (χ1n) is 5.96. The summed E-state index contributed by atoms with van der Waals surface area (Å²) in [6.45, 7) is 3.00. The monoisotopic (exact) mass is 316 g/mol. The number of anilines is 1. The van der Waals surface area contributed by atoms with E-state index in [4.69, 9.17) is 5.73 Å². The number of sulfonamides is 1. The van der Waals surface area contributed by atoms with Crippen molar-refractivity contribution in [2.75, 3.05) is 12.3 Å². The van der Waals surface area contributed by atoms with Crippen LogP contribution in [0.2, 0.25) is 0 Å². The van der Waals surface area contributed by atoms with Gasteiger partial charge in [0.2, 0.25) is 15.9 Å². The van der Waals surface area contributed by atoms with Gasteiger partial charge in [0.05, 0.1) is 16.4 Å². The summed E-state index contributed by atoms with van der Waals surface area (Å²) in [5, 5.41) is 13.2. The van der Waals surface area contributed by atoms with Gasteiger partial charge < -0.3 is 11.1 Å². The Labute approximate surface area is 121 Å². The fourth-order valence-corrected chi connectivity index (χ4v) is 2.47. The van der Waals surface area contributed by atoms with Crippen LogP contribution in [0.5, 0.6) is 0 Å². The van der Waals surface area contributed by atoms with Gasteiger partial charge in [0.15, 0.2) is 0 Å². The van der Waals surface area contributed by atoms with Crippen LogP contribution in [-0.4, -0.2) is 31.8 Å². The van der Waals surface area contributed by atoms with E-state index in [0.29, 0.717) is 0 Å². The normalized spacial score (nSPS) is 11.4. The number of nitrogen functional groups attached to an aromatic ring is 1. The molecule has 1 amide bonds. The maximum absolute atomic E-state index is 12.0. The number of nitrogens with one attached hydrogen (secondary N) is 2. The number of nitro benzene ring substituents is 1. The maximum Gasteiger partial charge on any atom is 0.293 e. The molecule has 9 nitrogen and oxygen atoms in total. The van der Waals surface area contributed by atoms with Crippen molar-refractivity contribution in [1.29, 1.82) is 0 Å². The zero-order chi connectivity index (χ0) is 16.2. The predicted octanol–water partition coefficient (Wildman–Crippen LogP) is -0.0201. The first-order valence-corrected chi connectivity index (χ1v) is 7.44. The number of rotatable bonds is 6. The SMILES string of the molecule is CC(C)NC(=O)CNS(=O)(=O)c1ccc(N)c([N+](=O)[O-])c1. The first kappa shape index (κ1) is 16.9. The molecule has 1 aromatic carbocycles. The van der Waals surface area contributed by atoms with Crippen LogP contribution in [0.25, 0.3) is 0 Å². The number of carbonyl (C=O) groups is 1. The lowest BCUT2D eigenvalue weighted by molar-refractivity contribution is -0.384. The Morgan fingerprint density at radius 1 is 1.43 bits per heavy atom. The van der Waals surface area contributed by atoms with E-state index in [-0.39, 0.29) is 16.6 Å². The van der Waals surface area contributed by atoms with Gasteiger partial charge in [-0.2, -0.15) is 0 Å². The zero-order valence-corrected chi connectivity index (χ0v) is 12.3. The van der Waals surface area contributed by atoms with Crippen molar-refractivity contribution in [1.82, 2.24) is 10.0 Å². The summed E-state index contributed by atoms with van der Waals surface area (Å²) in [5.41, 5.74) is 4.74. The number of hydrogen-bond acceptors (Lipinski definition) is 6. The number of benzene rings is 1. The molecule has 4 N–H and O–H groups in total. The van der Waals surface area contributed by atoms with Crippen LogP contribution in [-0.2, 0) is 14.8 Å². The van der Waals surface area contributed by atoms with Gasteiger partial charge in [-0.1, -0.05) is 0 Å². The Kier molecular flexibility index (Phi) is 5.22. The van der Waals surface area contributed by atoms with Gasteiger partial charge in [0.1, 0.15) is 5.69 Å². The van der Waals surface area contributed by atoms with Gasteiger partial charge in [0.25, 0.3) is 5.69 Å². The molecule has 0 aromatic heterocycles. The van der Waals surface area contributed by atoms with E-state index in [1.807, 2.05) is 0 Å². The second kappa shape index (κ2) is 6.50. The number of amides is 1. The van der Waals surface area contributed by atoms with Crippen molar-refractivity contribution in [3.63, 3.8) is 0 Å². The van der Waals surface area contributed by atoms with E-state index in [0.717, 1.165) is 18.2 Å². The Bertz CT molecular complexity index is 657. The van der Waals surface area contributed by atoms with Crippen molar-refractivity contribution < 1.29 is 18.1 Å². The van der Waals surface area contributed by atoms with E-state index in [9.17, 15) is 23.3 Å². The maximum atomic E-state index is 12.0. The van der Waals surface area contributed by atoms with E-state index < -0.39 is 33.1 Å². The molecule has 116 valence electrons. The molecule has 1 rings (SSSR count). The number of nitro groups is 1. The number of carbonyl (C=O) groups excluding carboxylic acids is 1. The predicted molar refractivity (Wildman–Crippen MR) is 76.0 cm³/mol. The van der Waals surface area contributed by atoms with Gasteiger partial charge in [-0.15, -0.1) is 0 Å². The van der Waals surface area contributed by atoms with Gasteiger partial charge in [-0.05, 0) is 26.0 Å². The first-order chi connectivity index (χ1) is 9.63. The Balaban J connectivity index is 2.91. The molecular formula is C11H16N4O5S. The molecule has 0 fully saturated rings. The van der Waals surface area contributed by atoms with E-state index in [1.54, 1.807) is 13.8 Å². The quantitative estimate of drug-likeness (QED) is 0.382. The van der Waals surface area contributed by atoms with Gasteiger partial charge in [-0.3, -0.25) is 14.9 Å². The van der Waals surface area contributed by atoms with Crippen LogP contribution in [0.15, 0.2) is 23.1 Å². The number of hydrogen-bond donors (Lipinski definition) is 3. The smallest absolute Gasteiger partial charge is 0.293 e. The Morgan fingerprint density at radius 3 is 2.57 bits per heavy atom. The molecule has 0 atom stereocenters. The molecule has 0 saturated heterocycles.